The van der Waals surface area contributed by atoms with E-state index in [1.807, 2.05) is 12.1 Å². The van der Waals surface area contributed by atoms with Crippen molar-refractivity contribution in [2.45, 2.75) is 38.8 Å². The molecule has 0 aliphatic carbocycles. The van der Waals surface area contributed by atoms with Crippen LogP contribution in [0.2, 0.25) is 0 Å². The molecule has 1 aliphatic rings. The predicted octanol–water partition coefficient (Wildman–Crippen LogP) is 2.66. The Balaban J connectivity index is 2.15. The summed E-state index contributed by atoms with van der Waals surface area (Å²) < 4.78 is 5.22. The van der Waals surface area contributed by atoms with Crippen LogP contribution < -0.4 is 15.0 Å². The second kappa shape index (κ2) is 6.10. The van der Waals surface area contributed by atoms with Gasteiger partial charge in [0.15, 0.2) is 0 Å². The number of ether oxygens (including phenoxy) is 1. The summed E-state index contributed by atoms with van der Waals surface area (Å²) in [6, 6.07) is 9.63. The Kier molecular flexibility index (Phi) is 4.48. The van der Waals surface area contributed by atoms with Gasteiger partial charge in [-0.05, 0) is 37.1 Å². The van der Waals surface area contributed by atoms with Crippen LogP contribution >= 0.6 is 0 Å². The molecule has 3 heteroatoms. The number of piperazine rings is 1. The van der Waals surface area contributed by atoms with E-state index in [4.69, 9.17) is 4.74 Å². The van der Waals surface area contributed by atoms with Crippen molar-refractivity contribution < 1.29 is 4.74 Å². The van der Waals surface area contributed by atoms with E-state index in [9.17, 15) is 0 Å². The van der Waals surface area contributed by atoms with Gasteiger partial charge in [-0.1, -0.05) is 13.8 Å². The number of anilines is 1. The summed E-state index contributed by atoms with van der Waals surface area (Å²) in [5.74, 6) is 0.925. The van der Waals surface area contributed by atoms with E-state index in [0.29, 0.717) is 12.1 Å². The third kappa shape index (κ3) is 2.78. The third-order valence-electron chi connectivity index (χ3n) is 3.87. The number of rotatable bonds is 4. The van der Waals surface area contributed by atoms with Gasteiger partial charge >= 0.3 is 0 Å². The van der Waals surface area contributed by atoms with Gasteiger partial charge in [0.05, 0.1) is 7.11 Å². The van der Waals surface area contributed by atoms with Gasteiger partial charge in [-0.15, -0.1) is 0 Å². The molecule has 0 aromatic heterocycles. The highest BCUT2D eigenvalue weighted by Crippen LogP contribution is 2.24. The number of benzene rings is 1. The minimum atomic E-state index is 0.598. The Morgan fingerprint density at radius 2 is 1.94 bits per heavy atom. The summed E-state index contributed by atoms with van der Waals surface area (Å²) in [7, 11) is 1.71. The molecule has 0 amide bonds. The van der Waals surface area contributed by atoms with Crippen molar-refractivity contribution >= 4 is 5.69 Å². The lowest BCUT2D eigenvalue weighted by Crippen LogP contribution is -2.56. The summed E-state index contributed by atoms with van der Waals surface area (Å²) >= 11 is 0. The average Bonchev–Trinajstić information content (AvgIpc) is 2.46. The maximum Gasteiger partial charge on any atom is 0.119 e. The van der Waals surface area contributed by atoms with E-state index in [0.717, 1.165) is 18.8 Å². The molecular weight excluding hydrogens is 224 g/mol. The maximum atomic E-state index is 5.22. The smallest absolute Gasteiger partial charge is 0.119 e. The number of nitrogens with one attached hydrogen (secondary N) is 1. The Morgan fingerprint density at radius 3 is 2.50 bits per heavy atom. The fourth-order valence-electron chi connectivity index (χ4n) is 2.59. The van der Waals surface area contributed by atoms with E-state index in [1.54, 1.807) is 7.11 Å². The van der Waals surface area contributed by atoms with E-state index in [-0.39, 0.29) is 0 Å². The minimum Gasteiger partial charge on any atom is -0.497 e. The summed E-state index contributed by atoms with van der Waals surface area (Å²) in [5.41, 5.74) is 1.31. The van der Waals surface area contributed by atoms with Crippen LogP contribution in [0, 0.1) is 0 Å². The van der Waals surface area contributed by atoms with Crippen molar-refractivity contribution in [3.63, 3.8) is 0 Å². The van der Waals surface area contributed by atoms with Crippen LogP contribution in [0.1, 0.15) is 26.7 Å². The van der Waals surface area contributed by atoms with Crippen molar-refractivity contribution in [1.29, 1.82) is 0 Å². The minimum absolute atomic E-state index is 0.598. The number of hydrogen-bond acceptors (Lipinski definition) is 3. The maximum absolute atomic E-state index is 5.22. The summed E-state index contributed by atoms with van der Waals surface area (Å²) in [5, 5.41) is 3.63. The van der Waals surface area contributed by atoms with E-state index >= 15 is 0 Å². The molecule has 1 heterocycles. The summed E-state index contributed by atoms with van der Waals surface area (Å²) in [6.45, 7) is 6.69. The molecule has 0 saturated carbocycles. The average molecular weight is 248 g/mol. The van der Waals surface area contributed by atoms with Crippen molar-refractivity contribution in [2.75, 3.05) is 25.1 Å². The van der Waals surface area contributed by atoms with Crippen LogP contribution in [0.5, 0.6) is 5.75 Å². The summed E-state index contributed by atoms with van der Waals surface area (Å²) in [4.78, 5) is 2.53. The quantitative estimate of drug-likeness (QED) is 0.886. The first-order valence-electron chi connectivity index (χ1n) is 6.92. The molecule has 2 atom stereocenters. The molecule has 3 nitrogen and oxygen atoms in total. The van der Waals surface area contributed by atoms with E-state index < -0.39 is 0 Å². The zero-order chi connectivity index (χ0) is 13.0. The van der Waals surface area contributed by atoms with Crippen molar-refractivity contribution in [3.05, 3.63) is 24.3 Å². The predicted molar refractivity (Wildman–Crippen MR) is 76.5 cm³/mol. The normalized spacial score (nSPS) is 24.1. The second-order valence-electron chi connectivity index (χ2n) is 4.93. The fourth-order valence-corrected chi connectivity index (χ4v) is 2.59. The van der Waals surface area contributed by atoms with Crippen LogP contribution in [0.15, 0.2) is 24.3 Å². The Morgan fingerprint density at radius 1 is 1.22 bits per heavy atom. The van der Waals surface area contributed by atoms with E-state index in [2.05, 4.69) is 36.2 Å². The highest BCUT2D eigenvalue weighted by molar-refractivity contribution is 5.50. The fraction of sp³-hybridized carbons (Fsp3) is 0.600. The van der Waals surface area contributed by atoms with E-state index in [1.165, 1.54) is 18.5 Å². The molecule has 1 N–H and O–H groups in total. The molecule has 1 saturated heterocycles. The largest absolute Gasteiger partial charge is 0.497 e. The van der Waals surface area contributed by atoms with Crippen LogP contribution in [0.4, 0.5) is 5.69 Å². The molecule has 0 radical (unpaired) electrons. The van der Waals surface area contributed by atoms with Crippen molar-refractivity contribution in [1.82, 2.24) is 5.32 Å². The van der Waals surface area contributed by atoms with Crippen LogP contribution in [0.3, 0.4) is 0 Å². The lowest BCUT2D eigenvalue weighted by atomic mass is 10.0. The first kappa shape index (κ1) is 13.2. The van der Waals surface area contributed by atoms with Gasteiger partial charge in [0.25, 0.3) is 0 Å². The molecule has 1 aromatic carbocycles. The SMILES string of the molecule is CCC1CN(c2ccc(OC)cc2)C(CC)CN1. The first-order valence-corrected chi connectivity index (χ1v) is 6.92. The van der Waals surface area contributed by atoms with Crippen LogP contribution in [0.25, 0.3) is 0 Å². The van der Waals surface area contributed by atoms with Crippen molar-refractivity contribution in [3.8, 4) is 5.75 Å². The molecule has 2 rings (SSSR count). The lowest BCUT2D eigenvalue weighted by molar-refractivity contribution is 0.378. The van der Waals surface area contributed by atoms with Gasteiger partial charge in [-0.25, -0.2) is 0 Å². The first-order chi connectivity index (χ1) is 8.78. The van der Waals surface area contributed by atoms with Gasteiger partial charge in [0.1, 0.15) is 5.75 Å². The van der Waals surface area contributed by atoms with Crippen molar-refractivity contribution in [2.24, 2.45) is 0 Å². The van der Waals surface area contributed by atoms with Crippen LogP contribution in [-0.2, 0) is 0 Å². The topological polar surface area (TPSA) is 24.5 Å². The Labute approximate surface area is 110 Å². The second-order valence-corrected chi connectivity index (χ2v) is 4.93. The number of nitrogens with zero attached hydrogens (tertiary/aromatic N) is 1. The molecular formula is C15H24N2O. The van der Waals surface area contributed by atoms with Gasteiger partial charge in [-0.2, -0.15) is 0 Å². The van der Waals surface area contributed by atoms with Gasteiger partial charge in [0.2, 0.25) is 0 Å². The molecule has 1 aromatic rings. The zero-order valence-electron chi connectivity index (χ0n) is 11.6. The number of hydrogen-bond donors (Lipinski definition) is 1. The molecule has 0 bridgehead atoms. The lowest BCUT2D eigenvalue weighted by Gasteiger charge is -2.41. The van der Waals surface area contributed by atoms with Gasteiger partial charge in [-0.3, -0.25) is 0 Å². The monoisotopic (exact) mass is 248 g/mol. The molecule has 18 heavy (non-hydrogen) atoms. The number of methoxy groups -OCH3 is 1. The molecule has 1 fully saturated rings. The molecule has 2 unspecified atom stereocenters. The zero-order valence-corrected chi connectivity index (χ0v) is 11.6. The molecule has 1 aliphatic heterocycles. The Bertz CT molecular complexity index is 363. The Hall–Kier alpha value is -1.22. The third-order valence-corrected chi connectivity index (χ3v) is 3.87. The highest BCUT2D eigenvalue weighted by atomic mass is 16.5. The van der Waals surface area contributed by atoms with Gasteiger partial charge < -0.3 is 15.0 Å². The standard InChI is InChI=1S/C15H24N2O/c1-4-12-11-17(13(5-2)10-16-12)14-6-8-15(18-3)9-7-14/h6-9,12-13,16H,4-5,10-11H2,1-3H3. The summed E-state index contributed by atoms with van der Waals surface area (Å²) in [6.07, 6.45) is 2.36. The van der Waals surface area contributed by atoms with Gasteiger partial charge in [0, 0.05) is 30.9 Å². The highest BCUT2D eigenvalue weighted by Gasteiger charge is 2.25. The molecule has 0 spiro atoms. The van der Waals surface area contributed by atoms with Crippen LogP contribution in [-0.4, -0.2) is 32.3 Å². The molecule has 100 valence electrons.